The molecule has 0 radical (unpaired) electrons. The highest BCUT2D eigenvalue weighted by Crippen LogP contribution is 2.67. The SMILES string of the molecule is O=C1N[C@]23C4Oc5ccccc5[C@@]2(O1)N(c1ccccc1)C(=O)N3c1ccccc14. The van der Waals surface area contributed by atoms with E-state index < -0.39 is 23.6 Å². The zero-order valence-corrected chi connectivity index (χ0v) is 15.6. The number of ether oxygens (including phenoxy) is 2. The van der Waals surface area contributed by atoms with E-state index in [1.165, 1.54) is 0 Å². The highest BCUT2D eigenvalue weighted by atomic mass is 16.6. The molecule has 1 N–H and O–H groups in total. The fourth-order valence-electron chi connectivity index (χ4n) is 5.45. The molecule has 0 bridgehead atoms. The number of carbonyl (C=O) groups excluding carboxylic acids is 2. The van der Waals surface area contributed by atoms with E-state index in [1.807, 2.05) is 78.9 Å². The number of amides is 3. The lowest BCUT2D eigenvalue weighted by atomic mass is 9.81. The van der Waals surface area contributed by atoms with Gasteiger partial charge in [-0.05, 0) is 30.3 Å². The second kappa shape index (κ2) is 4.94. The van der Waals surface area contributed by atoms with Gasteiger partial charge in [-0.1, -0.05) is 48.5 Å². The lowest BCUT2D eigenvalue weighted by molar-refractivity contribution is -0.0490. The maximum atomic E-state index is 14.0. The van der Waals surface area contributed by atoms with Gasteiger partial charge in [-0.15, -0.1) is 0 Å². The summed E-state index contributed by atoms with van der Waals surface area (Å²) in [6.07, 6.45) is -1.21. The Balaban J connectivity index is 1.64. The molecule has 7 rings (SSSR count). The lowest BCUT2D eigenvalue weighted by Crippen LogP contribution is -2.66. The molecular formula is C23H15N3O4. The second-order valence-corrected chi connectivity index (χ2v) is 7.77. The molecule has 2 fully saturated rings. The van der Waals surface area contributed by atoms with Crippen molar-refractivity contribution in [2.45, 2.75) is 17.5 Å². The van der Waals surface area contributed by atoms with E-state index in [9.17, 15) is 9.59 Å². The van der Waals surface area contributed by atoms with Crippen molar-refractivity contribution in [3.63, 3.8) is 0 Å². The Bertz CT molecular complexity index is 1260. The zero-order chi connectivity index (χ0) is 20.1. The minimum atomic E-state index is -1.42. The molecule has 4 heterocycles. The lowest BCUT2D eigenvalue weighted by Gasteiger charge is -2.46. The van der Waals surface area contributed by atoms with Gasteiger partial charge >= 0.3 is 12.1 Å². The van der Waals surface area contributed by atoms with Gasteiger partial charge < -0.3 is 9.47 Å². The molecule has 2 saturated heterocycles. The van der Waals surface area contributed by atoms with E-state index in [0.717, 1.165) is 5.56 Å². The summed E-state index contributed by atoms with van der Waals surface area (Å²) in [5, 5.41) is 2.98. The van der Waals surface area contributed by atoms with Gasteiger partial charge in [0.2, 0.25) is 5.66 Å². The Labute approximate surface area is 171 Å². The molecule has 1 unspecified atom stereocenters. The average molecular weight is 397 g/mol. The smallest absolute Gasteiger partial charge is 0.411 e. The van der Waals surface area contributed by atoms with Crippen molar-refractivity contribution < 1.29 is 19.1 Å². The van der Waals surface area contributed by atoms with Crippen molar-refractivity contribution in [2.24, 2.45) is 0 Å². The summed E-state index contributed by atoms with van der Waals surface area (Å²) in [6.45, 7) is 0. The minimum Gasteiger partial charge on any atom is -0.480 e. The molecule has 30 heavy (non-hydrogen) atoms. The zero-order valence-electron chi connectivity index (χ0n) is 15.6. The van der Waals surface area contributed by atoms with E-state index in [0.29, 0.717) is 22.7 Å². The Hall–Kier alpha value is -4.00. The maximum Gasteiger partial charge on any atom is 0.411 e. The molecule has 7 nitrogen and oxygen atoms in total. The Morgan fingerprint density at radius 3 is 2.43 bits per heavy atom. The predicted molar refractivity (Wildman–Crippen MR) is 107 cm³/mol. The van der Waals surface area contributed by atoms with Crippen LogP contribution in [0.15, 0.2) is 78.9 Å². The largest absolute Gasteiger partial charge is 0.480 e. The summed E-state index contributed by atoms with van der Waals surface area (Å²) in [7, 11) is 0. The number of nitrogens with zero attached hydrogens (tertiary/aromatic N) is 2. The molecule has 3 aromatic carbocycles. The average Bonchev–Trinajstić information content (AvgIpc) is 3.30. The third kappa shape index (κ3) is 1.47. The van der Waals surface area contributed by atoms with Crippen LogP contribution in [-0.2, 0) is 10.5 Å². The van der Waals surface area contributed by atoms with Crippen molar-refractivity contribution in [3.8, 4) is 5.75 Å². The monoisotopic (exact) mass is 397 g/mol. The van der Waals surface area contributed by atoms with Crippen molar-refractivity contribution in [1.29, 1.82) is 0 Å². The van der Waals surface area contributed by atoms with Crippen LogP contribution >= 0.6 is 0 Å². The van der Waals surface area contributed by atoms with Crippen LogP contribution in [0.5, 0.6) is 5.75 Å². The van der Waals surface area contributed by atoms with Crippen LogP contribution in [0.3, 0.4) is 0 Å². The molecular weight excluding hydrogens is 382 g/mol. The van der Waals surface area contributed by atoms with Crippen LogP contribution in [0.25, 0.3) is 0 Å². The molecule has 0 aliphatic carbocycles. The van der Waals surface area contributed by atoms with Crippen molar-refractivity contribution >= 4 is 23.5 Å². The number of anilines is 2. The standard InChI is InChI=1S/C23H15N3O4/c27-20-24-22-19-15-10-4-6-12-17(15)26(22)21(28)25(14-8-2-1-3-9-14)23(22,30-20)16-11-5-7-13-18(16)29-19/h1-13,19H,(H,24,27)/t19?,22-,23-/m0/s1. The minimum absolute atomic E-state index is 0.281. The first-order valence-electron chi connectivity index (χ1n) is 9.74. The van der Waals surface area contributed by atoms with E-state index in [-0.39, 0.29) is 6.03 Å². The van der Waals surface area contributed by atoms with E-state index in [2.05, 4.69) is 5.32 Å². The number of rotatable bonds is 1. The highest BCUT2D eigenvalue weighted by molar-refractivity contribution is 6.13. The molecule has 3 atom stereocenters. The van der Waals surface area contributed by atoms with Crippen LogP contribution in [0.2, 0.25) is 0 Å². The number of urea groups is 1. The van der Waals surface area contributed by atoms with Crippen LogP contribution in [0.4, 0.5) is 21.0 Å². The van der Waals surface area contributed by atoms with Gasteiger partial charge in [-0.25, -0.2) is 14.5 Å². The summed E-state index contributed by atoms with van der Waals surface area (Å²) >= 11 is 0. The summed E-state index contributed by atoms with van der Waals surface area (Å²) in [6, 6.07) is 24.0. The summed E-state index contributed by atoms with van der Waals surface area (Å²) in [5.74, 6) is 0.585. The molecule has 7 heteroatoms. The number of carbonyl (C=O) groups is 2. The van der Waals surface area contributed by atoms with Crippen molar-refractivity contribution in [2.75, 3.05) is 9.80 Å². The molecule has 3 aromatic rings. The topological polar surface area (TPSA) is 71.1 Å². The third-order valence-electron chi connectivity index (χ3n) is 6.45. The highest BCUT2D eigenvalue weighted by Gasteiger charge is 2.84. The molecule has 0 aromatic heterocycles. The first kappa shape index (κ1) is 15.9. The van der Waals surface area contributed by atoms with E-state index >= 15 is 0 Å². The molecule has 4 aliphatic heterocycles. The Morgan fingerprint density at radius 2 is 1.57 bits per heavy atom. The number of nitrogens with one attached hydrogen (secondary N) is 1. The van der Waals surface area contributed by atoms with Gasteiger partial charge in [0.15, 0.2) is 6.10 Å². The molecule has 1 spiro atoms. The number of hydrogen-bond acceptors (Lipinski definition) is 4. The third-order valence-corrected chi connectivity index (χ3v) is 6.45. The van der Waals surface area contributed by atoms with Crippen LogP contribution in [0, 0.1) is 0 Å². The number of para-hydroxylation sites is 3. The normalized spacial score (nSPS) is 29.4. The Kier molecular flexibility index (Phi) is 2.61. The van der Waals surface area contributed by atoms with Gasteiger partial charge in [-0.3, -0.25) is 10.2 Å². The van der Waals surface area contributed by atoms with Gasteiger partial charge in [0.1, 0.15) is 5.75 Å². The van der Waals surface area contributed by atoms with E-state index in [1.54, 1.807) is 9.80 Å². The number of alkyl carbamates (subject to hydrolysis) is 1. The molecule has 146 valence electrons. The molecule has 3 amide bonds. The van der Waals surface area contributed by atoms with Crippen LogP contribution < -0.4 is 19.9 Å². The first-order valence-corrected chi connectivity index (χ1v) is 9.74. The second-order valence-electron chi connectivity index (χ2n) is 7.77. The summed E-state index contributed by atoms with van der Waals surface area (Å²) in [4.78, 5) is 30.0. The predicted octanol–water partition coefficient (Wildman–Crippen LogP) is 3.87. The van der Waals surface area contributed by atoms with Crippen LogP contribution in [0.1, 0.15) is 17.2 Å². The van der Waals surface area contributed by atoms with Gasteiger partial charge in [0, 0.05) is 11.3 Å². The summed E-state index contributed by atoms with van der Waals surface area (Å²) < 4.78 is 12.5. The van der Waals surface area contributed by atoms with E-state index in [4.69, 9.17) is 9.47 Å². The Morgan fingerprint density at radius 1 is 0.833 bits per heavy atom. The molecule has 0 saturated carbocycles. The van der Waals surface area contributed by atoms with Gasteiger partial charge in [0.25, 0.3) is 5.72 Å². The van der Waals surface area contributed by atoms with Gasteiger partial charge in [0.05, 0.1) is 11.3 Å². The number of fused-ring (bicyclic) bond motifs is 4. The van der Waals surface area contributed by atoms with Gasteiger partial charge in [-0.2, -0.15) is 0 Å². The van der Waals surface area contributed by atoms with Crippen molar-refractivity contribution in [3.05, 3.63) is 90.0 Å². The molecule has 4 aliphatic rings. The fourth-order valence-corrected chi connectivity index (χ4v) is 5.45. The summed E-state index contributed by atoms with van der Waals surface area (Å²) in [5.41, 5.74) is 0.140. The maximum absolute atomic E-state index is 14.0. The quantitative estimate of drug-likeness (QED) is 0.677. The van der Waals surface area contributed by atoms with Crippen LogP contribution in [-0.4, -0.2) is 17.8 Å². The first-order chi connectivity index (χ1) is 14.7. The van der Waals surface area contributed by atoms with Crippen molar-refractivity contribution in [1.82, 2.24) is 5.32 Å². The number of hydrogen-bond donors (Lipinski definition) is 1. The number of benzene rings is 3. The fraction of sp³-hybridized carbons (Fsp3) is 0.130.